The van der Waals surface area contributed by atoms with E-state index in [0.717, 1.165) is 5.92 Å². The fraction of sp³-hybridized carbons (Fsp3) is 1.00. The molecule has 2 heteroatoms. The molecule has 2 aliphatic rings. The van der Waals surface area contributed by atoms with E-state index in [1.165, 1.54) is 64.8 Å². The highest BCUT2D eigenvalue weighted by molar-refractivity contribution is 4.88. The summed E-state index contributed by atoms with van der Waals surface area (Å²) in [5.41, 5.74) is 0.550. The van der Waals surface area contributed by atoms with Crippen molar-refractivity contribution in [1.82, 2.24) is 10.2 Å². The van der Waals surface area contributed by atoms with Crippen molar-refractivity contribution in [2.24, 2.45) is 11.3 Å². The van der Waals surface area contributed by atoms with E-state index in [1.807, 2.05) is 0 Å². The van der Waals surface area contributed by atoms with Gasteiger partial charge < -0.3 is 10.2 Å². The Morgan fingerprint density at radius 1 is 1.44 bits per heavy atom. The van der Waals surface area contributed by atoms with Crippen molar-refractivity contribution in [2.75, 3.05) is 32.7 Å². The number of rotatable bonds is 4. The summed E-state index contributed by atoms with van der Waals surface area (Å²) in [6.07, 6.45) is 7.05. The smallest absolute Gasteiger partial charge is 0.00481 e. The van der Waals surface area contributed by atoms with Gasteiger partial charge in [0.25, 0.3) is 0 Å². The van der Waals surface area contributed by atoms with E-state index >= 15 is 0 Å². The van der Waals surface area contributed by atoms with Gasteiger partial charge in [0.05, 0.1) is 0 Å². The summed E-state index contributed by atoms with van der Waals surface area (Å²) in [4.78, 5) is 2.73. The van der Waals surface area contributed by atoms with Crippen LogP contribution in [0.4, 0.5) is 0 Å². The third-order valence-electron chi connectivity index (χ3n) is 4.36. The summed E-state index contributed by atoms with van der Waals surface area (Å²) >= 11 is 0. The van der Waals surface area contributed by atoms with E-state index in [9.17, 15) is 0 Å². The van der Waals surface area contributed by atoms with Crippen molar-refractivity contribution in [2.45, 2.75) is 46.0 Å². The fourth-order valence-electron chi connectivity index (χ4n) is 3.48. The summed E-state index contributed by atoms with van der Waals surface area (Å²) in [5, 5.41) is 3.51. The van der Waals surface area contributed by atoms with Gasteiger partial charge in [-0.3, -0.25) is 0 Å². The highest BCUT2D eigenvalue weighted by Gasteiger charge is 2.32. The molecule has 2 unspecified atom stereocenters. The third-order valence-corrected chi connectivity index (χ3v) is 4.36. The van der Waals surface area contributed by atoms with Crippen LogP contribution in [-0.2, 0) is 0 Å². The molecule has 0 aliphatic carbocycles. The summed E-state index contributed by atoms with van der Waals surface area (Å²) in [5.74, 6) is 0.983. The quantitative estimate of drug-likeness (QED) is 0.789. The SMILES string of the molecule is CCCC1CCCN(CC2(C)CCNC2)C1. The average Bonchev–Trinajstić information content (AvgIpc) is 2.66. The van der Waals surface area contributed by atoms with Crippen LogP contribution in [0.5, 0.6) is 0 Å². The van der Waals surface area contributed by atoms with Gasteiger partial charge in [-0.2, -0.15) is 0 Å². The van der Waals surface area contributed by atoms with E-state index in [2.05, 4.69) is 24.1 Å². The molecule has 0 aromatic rings. The normalized spacial score (nSPS) is 36.8. The van der Waals surface area contributed by atoms with Gasteiger partial charge >= 0.3 is 0 Å². The van der Waals surface area contributed by atoms with Crippen LogP contribution < -0.4 is 5.32 Å². The molecule has 2 heterocycles. The maximum absolute atomic E-state index is 3.51. The number of likely N-dealkylation sites (tertiary alicyclic amines) is 1. The molecule has 2 nitrogen and oxygen atoms in total. The molecule has 0 spiro atoms. The van der Waals surface area contributed by atoms with Crippen LogP contribution in [0.3, 0.4) is 0 Å². The summed E-state index contributed by atoms with van der Waals surface area (Å²) in [6, 6.07) is 0. The van der Waals surface area contributed by atoms with Gasteiger partial charge in [0, 0.05) is 19.6 Å². The molecule has 0 aromatic heterocycles. The zero-order valence-electron chi connectivity index (χ0n) is 11.1. The standard InChI is InChI=1S/C14H28N2/c1-3-5-13-6-4-9-16(10-13)12-14(2)7-8-15-11-14/h13,15H,3-12H2,1-2H3. The van der Waals surface area contributed by atoms with Gasteiger partial charge in [-0.15, -0.1) is 0 Å². The Morgan fingerprint density at radius 3 is 3.00 bits per heavy atom. The molecule has 1 N–H and O–H groups in total. The van der Waals surface area contributed by atoms with E-state index in [4.69, 9.17) is 0 Å². The van der Waals surface area contributed by atoms with Crippen LogP contribution in [-0.4, -0.2) is 37.6 Å². The van der Waals surface area contributed by atoms with Crippen LogP contribution in [0.2, 0.25) is 0 Å². The second kappa shape index (κ2) is 5.50. The lowest BCUT2D eigenvalue weighted by molar-refractivity contribution is 0.117. The Kier molecular flexibility index (Phi) is 4.26. The van der Waals surface area contributed by atoms with E-state index in [0.29, 0.717) is 5.41 Å². The highest BCUT2D eigenvalue weighted by atomic mass is 15.1. The molecule has 2 atom stereocenters. The van der Waals surface area contributed by atoms with Crippen molar-refractivity contribution in [3.05, 3.63) is 0 Å². The molecule has 0 bridgehead atoms. The largest absolute Gasteiger partial charge is 0.316 e. The van der Waals surface area contributed by atoms with Gasteiger partial charge in [0.2, 0.25) is 0 Å². The second-order valence-electron chi connectivity index (χ2n) is 6.27. The van der Waals surface area contributed by atoms with Crippen molar-refractivity contribution < 1.29 is 0 Å². The molecular formula is C14H28N2. The fourth-order valence-corrected chi connectivity index (χ4v) is 3.48. The number of hydrogen-bond acceptors (Lipinski definition) is 2. The molecule has 2 rings (SSSR count). The highest BCUT2D eigenvalue weighted by Crippen LogP contribution is 2.29. The maximum atomic E-state index is 3.51. The molecule has 0 aromatic carbocycles. The van der Waals surface area contributed by atoms with Gasteiger partial charge in [0.15, 0.2) is 0 Å². The lowest BCUT2D eigenvalue weighted by atomic mass is 9.87. The Hall–Kier alpha value is -0.0800. The average molecular weight is 224 g/mol. The summed E-state index contributed by atoms with van der Waals surface area (Å²) < 4.78 is 0. The molecule has 0 saturated carbocycles. The van der Waals surface area contributed by atoms with Crippen molar-refractivity contribution in [3.8, 4) is 0 Å². The molecule has 0 amide bonds. The van der Waals surface area contributed by atoms with Crippen LogP contribution in [0.1, 0.15) is 46.0 Å². The zero-order chi connectivity index (χ0) is 11.4. The molecule has 2 saturated heterocycles. The topological polar surface area (TPSA) is 15.3 Å². The molecular weight excluding hydrogens is 196 g/mol. The minimum atomic E-state index is 0.550. The lowest BCUT2D eigenvalue weighted by Crippen LogP contribution is -2.42. The number of hydrogen-bond donors (Lipinski definition) is 1. The zero-order valence-corrected chi connectivity index (χ0v) is 11.1. The van der Waals surface area contributed by atoms with Crippen LogP contribution in [0.25, 0.3) is 0 Å². The Morgan fingerprint density at radius 2 is 2.31 bits per heavy atom. The van der Waals surface area contributed by atoms with Crippen LogP contribution >= 0.6 is 0 Å². The monoisotopic (exact) mass is 224 g/mol. The van der Waals surface area contributed by atoms with Crippen molar-refractivity contribution in [1.29, 1.82) is 0 Å². The first-order valence-electron chi connectivity index (χ1n) is 7.15. The first kappa shape index (κ1) is 12.4. The Labute approximate surface area is 101 Å². The summed E-state index contributed by atoms with van der Waals surface area (Å²) in [7, 11) is 0. The van der Waals surface area contributed by atoms with Gasteiger partial charge in [-0.05, 0) is 50.1 Å². The second-order valence-corrected chi connectivity index (χ2v) is 6.27. The third kappa shape index (κ3) is 3.21. The van der Waals surface area contributed by atoms with Crippen LogP contribution in [0, 0.1) is 11.3 Å². The predicted molar refractivity (Wildman–Crippen MR) is 69.7 cm³/mol. The van der Waals surface area contributed by atoms with Crippen LogP contribution in [0.15, 0.2) is 0 Å². The van der Waals surface area contributed by atoms with Gasteiger partial charge in [-0.25, -0.2) is 0 Å². The Balaban J connectivity index is 1.80. The van der Waals surface area contributed by atoms with E-state index in [-0.39, 0.29) is 0 Å². The first-order valence-corrected chi connectivity index (χ1v) is 7.15. The first-order chi connectivity index (χ1) is 7.72. The summed E-state index contributed by atoms with van der Waals surface area (Å²) in [6.45, 7) is 11.3. The molecule has 2 fully saturated rings. The van der Waals surface area contributed by atoms with Crippen molar-refractivity contribution in [3.63, 3.8) is 0 Å². The van der Waals surface area contributed by atoms with Crippen molar-refractivity contribution >= 4 is 0 Å². The molecule has 94 valence electrons. The van der Waals surface area contributed by atoms with Gasteiger partial charge in [0.1, 0.15) is 0 Å². The van der Waals surface area contributed by atoms with E-state index in [1.54, 1.807) is 0 Å². The number of piperidine rings is 1. The van der Waals surface area contributed by atoms with Gasteiger partial charge in [-0.1, -0.05) is 20.3 Å². The number of nitrogens with one attached hydrogen (secondary N) is 1. The maximum Gasteiger partial charge on any atom is 0.00481 e. The van der Waals surface area contributed by atoms with E-state index < -0.39 is 0 Å². The predicted octanol–water partition coefficient (Wildman–Crippen LogP) is 2.50. The minimum Gasteiger partial charge on any atom is -0.316 e. The Bertz CT molecular complexity index is 207. The lowest BCUT2D eigenvalue weighted by Gasteiger charge is -2.37. The molecule has 0 radical (unpaired) electrons. The minimum absolute atomic E-state index is 0.550. The molecule has 2 aliphatic heterocycles. The molecule has 16 heavy (non-hydrogen) atoms. The number of nitrogens with zero attached hydrogens (tertiary/aromatic N) is 1.